The summed E-state index contributed by atoms with van der Waals surface area (Å²) in [4.78, 5) is 15.2. The molecule has 0 fully saturated rings. The minimum atomic E-state index is -0.575. The van der Waals surface area contributed by atoms with E-state index in [1.807, 2.05) is 0 Å². The lowest BCUT2D eigenvalue weighted by Crippen LogP contribution is -2.21. The van der Waals surface area contributed by atoms with E-state index in [2.05, 4.69) is 10.3 Å². The molecular weight excluding hydrogens is 210 g/mol. The minimum absolute atomic E-state index is 0.546. The van der Waals surface area contributed by atoms with Crippen molar-refractivity contribution in [2.24, 2.45) is 5.73 Å². The molecule has 16 heavy (non-hydrogen) atoms. The summed E-state index contributed by atoms with van der Waals surface area (Å²) in [5.74, 6) is 1.09. The average Bonchev–Trinajstić information content (AvgIpc) is 2.83. The van der Waals surface area contributed by atoms with Gasteiger partial charge in [0.2, 0.25) is 11.8 Å². The van der Waals surface area contributed by atoms with E-state index in [0.29, 0.717) is 25.0 Å². The van der Waals surface area contributed by atoms with Crippen molar-refractivity contribution in [1.82, 2.24) is 4.98 Å². The lowest BCUT2D eigenvalue weighted by molar-refractivity contribution is 0.259. The Kier molecular flexibility index (Phi) is 1.89. The van der Waals surface area contributed by atoms with E-state index < -0.39 is 6.03 Å². The van der Waals surface area contributed by atoms with E-state index in [1.165, 1.54) is 0 Å². The predicted octanol–water partition coefficient (Wildman–Crippen LogP) is 0.442. The standard InChI is InChI=1S/C10H11N3O3/c11-10(14)12-7-5-1-3-15-8(5)13-9-6(7)2-4-16-9/h1-4H2,(H3,11,12,13,14). The van der Waals surface area contributed by atoms with Crippen molar-refractivity contribution in [3.05, 3.63) is 11.1 Å². The Labute approximate surface area is 91.7 Å². The molecule has 3 N–H and O–H groups in total. The quantitative estimate of drug-likeness (QED) is 0.720. The fraction of sp³-hybridized carbons (Fsp3) is 0.400. The first-order valence-electron chi connectivity index (χ1n) is 5.13. The van der Waals surface area contributed by atoms with Gasteiger partial charge in [0.25, 0.3) is 0 Å². The molecule has 1 aromatic heterocycles. The highest BCUT2D eigenvalue weighted by atomic mass is 16.5. The van der Waals surface area contributed by atoms with Gasteiger partial charge in [-0.3, -0.25) is 0 Å². The molecule has 0 spiro atoms. The molecular formula is C10H11N3O3. The number of hydrogen-bond acceptors (Lipinski definition) is 4. The molecule has 0 aromatic carbocycles. The Hall–Kier alpha value is -1.98. The van der Waals surface area contributed by atoms with Gasteiger partial charge in [0.1, 0.15) is 0 Å². The number of primary amides is 1. The molecule has 0 saturated heterocycles. The molecule has 2 aliphatic rings. The Morgan fingerprint density at radius 3 is 2.25 bits per heavy atom. The van der Waals surface area contributed by atoms with E-state index >= 15 is 0 Å². The molecule has 0 radical (unpaired) electrons. The lowest BCUT2D eigenvalue weighted by atomic mass is 10.1. The van der Waals surface area contributed by atoms with Crippen molar-refractivity contribution in [3.63, 3.8) is 0 Å². The predicted molar refractivity (Wildman–Crippen MR) is 55.8 cm³/mol. The summed E-state index contributed by atoms with van der Waals surface area (Å²) in [5.41, 5.74) is 7.72. The first kappa shape index (κ1) is 9.26. The second kappa shape index (κ2) is 3.26. The maximum absolute atomic E-state index is 11.0. The van der Waals surface area contributed by atoms with Crippen LogP contribution in [0.15, 0.2) is 0 Å². The molecule has 3 rings (SSSR count). The van der Waals surface area contributed by atoms with Crippen LogP contribution < -0.4 is 20.5 Å². The molecule has 2 aliphatic heterocycles. The molecule has 0 aliphatic carbocycles. The third-order valence-corrected chi connectivity index (χ3v) is 2.75. The highest BCUT2D eigenvalue weighted by Crippen LogP contribution is 2.40. The van der Waals surface area contributed by atoms with Gasteiger partial charge >= 0.3 is 6.03 Å². The fourth-order valence-electron chi connectivity index (χ4n) is 2.10. The van der Waals surface area contributed by atoms with Crippen LogP contribution in [0.25, 0.3) is 0 Å². The number of pyridine rings is 1. The zero-order chi connectivity index (χ0) is 11.1. The number of aromatic nitrogens is 1. The topological polar surface area (TPSA) is 86.5 Å². The summed E-state index contributed by atoms with van der Waals surface area (Å²) in [5, 5.41) is 2.64. The number of hydrogen-bond donors (Lipinski definition) is 2. The van der Waals surface area contributed by atoms with E-state index in [1.54, 1.807) is 0 Å². The van der Waals surface area contributed by atoms with Crippen LogP contribution in [-0.4, -0.2) is 24.2 Å². The molecule has 0 atom stereocenters. The van der Waals surface area contributed by atoms with Crippen LogP contribution in [-0.2, 0) is 12.8 Å². The van der Waals surface area contributed by atoms with E-state index in [0.717, 1.165) is 29.7 Å². The molecule has 6 nitrogen and oxygen atoms in total. The third-order valence-electron chi connectivity index (χ3n) is 2.75. The number of urea groups is 1. The average molecular weight is 221 g/mol. The highest BCUT2D eigenvalue weighted by molar-refractivity contribution is 5.91. The summed E-state index contributed by atoms with van der Waals surface area (Å²) in [7, 11) is 0. The summed E-state index contributed by atoms with van der Waals surface area (Å²) in [6.07, 6.45) is 1.48. The second-order valence-corrected chi connectivity index (χ2v) is 3.74. The number of carbonyl (C=O) groups excluding carboxylic acids is 1. The zero-order valence-electron chi connectivity index (χ0n) is 8.58. The largest absolute Gasteiger partial charge is 0.477 e. The van der Waals surface area contributed by atoms with Gasteiger partial charge in [0.05, 0.1) is 18.9 Å². The summed E-state index contributed by atoms with van der Waals surface area (Å²) >= 11 is 0. The number of nitrogens with one attached hydrogen (secondary N) is 1. The highest BCUT2D eigenvalue weighted by Gasteiger charge is 2.28. The summed E-state index contributed by atoms with van der Waals surface area (Å²) in [6, 6.07) is -0.575. The number of carbonyl (C=O) groups is 1. The number of anilines is 1. The van der Waals surface area contributed by atoms with Crippen LogP contribution in [0.5, 0.6) is 11.8 Å². The SMILES string of the molecule is NC(=O)Nc1c2c(nc3c1CCO3)OCC2. The van der Waals surface area contributed by atoms with Gasteiger partial charge in [0.15, 0.2) is 0 Å². The number of rotatable bonds is 1. The summed E-state index contributed by atoms with van der Waals surface area (Å²) in [6.45, 7) is 1.16. The van der Waals surface area contributed by atoms with Crippen LogP contribution in [0.1, 0.15) is 11.1 Å². The number of ether oxygens (including phenoxy) is 2. The van der Waals surface area contributed by atoms with Crippen molar-refractivity contribution in [3.8, 4) is 11.8 Å². The third kappa shape index (κ3) is 1.26. The van der Waals surface area contributed by atoms with Gasteiger partial charge in [-0.25, -0.2) is 4.79 Å². The van der Waals surface area contributed by atoms with Gasteiger partial charge < -0.3 is 20.5 Å². The maximum Gasteiger partial charge on any atom is 0.316 e. The van der Waals surface area contributed by atoms with Gasteiger partial charge in [-0.2, -0.15) is 4.98 Å². The van der Waals surface area contributed by atoms with Crippen molar-refractivity contribution in [2.75, 3.05) is 18.5 Å². The van der Waals surface area contributed by atoms with E-state index in [4.69, 9.17) is 15.2 Å². The first-order valence-corrected chi connectivity index (χ1v) is 5.13. The van der Waals surface area contributed by atoms with Crippen LogP contribution >= 0.6 is 0 Å². The smallest absolute Gasteiger partial charge is 0.316 e. The Morgan fingerprint density at radius 2 is 1.75 bits per heavy atom. The molecule has 0 saturated carbocycles. The molecule has 0 bridgehead atoms. The zero-order valence-corrected chi connectivity index (χ0v) is 8.58. The van der Waals surface area contributed by atoms with Gasteiger partial charge in [-0.05, 0) is 0 Å². The Bertz CT molecular complexity index is 441. The molecule has 2 amide bonds. The Balaban J connectivity index is 2.15. The van der Waals surface area contributed by atoms with Gasteiger partial charge in [0, 0.05) is 24.0 Å². The van der Waals surface area contributed by atoms with E-state index in [9.17, 15) is 4.79 Å². The van der Waals surface area contributed by atoms with Gasteiger partial charge in [-0.1, -0.05) is 0 Å². The van der Waals surface area contributed by atoms with Crippen molar-refractivity contribution in [1.29, 1.82) is 0 Å². The molecule has 3 heterocycles. The maximum atomic E-state index is 11.0. The number of fused-ring (bicyclic) bond motifs is 2. The van der Waals surface area contributed by atoms with Crippen LogP contribution in [0.3, 0.4) is 0 Å². The monoisotopic (exact) mass is 221 g/mol. The van der Waals surface area contributed by atoms with Crippen LogP contribution in [0, 0.1) is 0 Å². The van der Waals surface area contributed by atoms with E-state index in [-0.39, 0.29) is 0 Å². The fourth-order valence-corrected chi connectivity index (χ4v) is 2.10. The normalized spacial score (nSPS) is 16.0. The number of nitrogens with zero attached hydrogens (tertiary/aromatic N) is 1. The minimum Gasteiger partial charge on any atom is -0.477 e. The number of amides is 2. The Morgan fingerprint density at radius 1 is 1.19 bits per heavy atom. The molecule has 84 valence electrons. The van der Waals surface area contributed by atoms with Crippen molar-refractivity contribution in [2.45, 2.75) is 12.8 Å². The first-order chi connectivity index (χ1) is 7.75. The van der Waals surface area contributed by atoms with Crippen LogP contribution in [0.2, 0.25) is 0 Å². The van der Waals surface area contributed by atoms with Gasteiger partial charge in [-0.15, -0.1) is 0 Å². The number of nitrogens with two attached hydrogens (primary N) is 1. The van der Waals surface area contributed by atoms with Crippen molar-refractivity contribution < 1.29 is 14.3 Å². The summed E-state index contributed by atoms with van der Waals surface area (Å²) < 4.78 is 10.7. The molecule has 0 unspecified atom stereocenters. The lowest BCUT2D eigenvalue weighted by Gasteiger charge is -2.10. The van der Waals surface area contributed by atoms with Crippen LogP contribution in [0.4, 0.5) is 10.5 Å². The van der Waals surface area contributed by atoms with Crippen molar-refractivity contribution >= 4 is 11.7 Å². The molecule has 1 aromatic rings. The second-order valence-electron chi connectivity index (χ2n) is 3.74. The molecule has 6 heteroatoms.